The molecule has 2 N–H and O–H groups in total. The Hall–Kier alpha value is -4.02. The van der Waals surface area contributed by atoms with Gasteiger partial charge in [0.05, 0.1) is 17.7 Å². The van der Waals surface area contributed by atoms with Gasteiger partial charge in [0, 0.05) is 23.6 Å². The van der Waals surface area contributed by atoms with Gasteiger partial charge in [0.25, 0.3) is 5.91 Å². The van der Waals surface area contributed by atoms with E-state index in [-0.39, 0.29) is 22.7 Å². The van der Waals surface area contributed by atoms with Crippen LogP contribution in [0.3, 0.4) is 0 Å². The number of amides is 1. The molecule has 0 bridgehead atoms. The van der Waals surface area contributed by atoms with Crippen LogP contribution < -0.4 is 10.1 Å². The number of nitriles is 1. The number of carboxylic acids is 1. The number of halogens is 1. The largest absolute Gasteiger partial charge is 0.497 e. The molecule has 0 fully saturated rings. The first-order chi connectivity index (χ1) is 15.7. The Bertz CT molecular complexity index is 1280. The Labute approximate surface area is 196 Å². The number of carbonyl (C=O) groups is 2. The quantitative estimate of drug-likeness (QED) is 0.391. The zero-order valence-corrected chi connectivity index (χ0v) is 19.1. The Balaban J connectivity index is 1.86. The summed E-state index contributed by atoms with van der Waals surface area (Å²) in [5, 5.41) is 21.8. The number of carboxylic acid groups (broad SMARTS) is 1. The second-order valence-electron chi connectivity index (χ2n) is 7.33. The number of methoxy groups -OCH3 is 1. The molecule has 1 heterocycles. The van der Waals surface area contributed by atoms with Crippen molar-refractivity contribution in [3.05, 3.63) is 87.2 Å². The smallest absolute Gasteiger partial charge is 0.337 e. The summed E-state index contributed by atoms with van der Waals surface area (Å²) >= 11 is 5.99. The Morgan fingerprint density at radius 2 is 1.88 bits per heavy atom. The van der Waals surface area contributed by atoms with Gasteiger partial charge in [-0.15, -0.1) is 0 Å². The lowest BCUT2D eigenvalue weighted by Gasteiger charge is -2.11. The molecule has 0 spiro atoms. The molecule has 8 heteroatoms. The molecule has 1 aromatic heterocycles. The van der Waals surface area contributed by atoms with Gasteiger partial charge in [-0.25, -0.2) is 4.79 Å². The molecule has 0 unspecified atom stereocenters. The van der Waals surface area contributed by atoms with E-state index in [1.54, 1.807) is 25.3 Å². The Morgan fingerprint density at radius 3 is 2.48 bits per heavy atom. The molecular formula is C25H22ClN3O4. The molecule has 1 amide bonds. The van der Waals surface area contributed by atoms with Crippen LogP contribution in [0.15, 0.2) is 54.1 Å². The molecular weight excluding hydrogens is 442 g/mol. The van der Waals surface area contributed by atoms with Crippen LogP contribution in [0.4, 0.5) is 0 Å². The average Bonchev–Trinajstić information content (AvgIpc) is 3.09. The maximum atomic E-state index is 12.6. The summed E-state index contributed by atoms with van der Waals surface area (Å²) in [4.78, 5) is 24.0. The summed E-state index contributed by atoms with van der Waals surface area (Å²) in [6, 6.07) is 15.8. The highest BCUT2D eigenvalue weighted by Crippen LogP contribution is 2.26. The first kappa shape index (κ1) is 23.6. The Morgan fingerprint density at radius 1 is 1.18 bits per heavy atom. The number of hydrogen-bond acceptors (Lipinski definition) is 4. The van der Waals surface area contributed by atoms with E-state index in [4.69, 9.17) is 16.3 Å². The molecule has 33 heavy (non-hydrogen) atoms. The lowest BCUT2D eigenvalue weighted by molar-refractivity contribution is -0.117. The normalized spacial score (nSPS) is 11.1. The lowest BCUT2D eigenvalue weighted by atomic mass is 10.1. The van der Waals surface area contributed by atoms with Gasteiger partial charge in [-0.2, -0.15) is 5.26 Å². The SMILES string of the molecule is COc1ccc(CNC(=O)/C(C#N)=C\c2cc(C)n(-c3ccc(Cl)c(C(=O)O)c3)c2C)cc1. The number of aryl methyl sites for hydroxylation is 1. The van der Waals surface area contributed by atoms with Crippen LogP contribution in [0, 0.1) is 25.2 Å². The first-order valence-electron chi connectivity index (χ1n) is 10.00. The van der Waals surface area contributed by atoms with Gasteiger partial charge in [0.2, 0.25) is 0 Å². The van der Waals surface area contributed by atoms with Crippen molar-refractivity contribution in [1.82, 2.24) is 9.88 Å². The highest BCUT2D eigenvalue weighted by molar-refractivity contribution is 6.33. The molecule has 168 valence electrons. The van der Waals surface area contributed by atoms with E-state index in [1.165, 1.54) is 18.2 Å². The molecule has 3 rings (SSSR count). The molecule has 3 aromatic rings. The van der Waals surface area contributed by atoms with E-state index in [1.807, 2.05) is 42.7 Å². The molecule has 0 radical (unpaired) electrons. The van der Waals surface area contributed by atoms with Crippen molar-refractivity contribution in [2.75, 3.05) is 7.11 Å². The highest BCUT2D eigenvalue weighted by atomic mass is 35.5. The maximum absolute atomic E-state index is 12.6. The molecule has 2 aromatic carbocycles. The summed E-state index contributed by atoms with van der Waals surface area (Å²) in [6.45, 7) is 3.96. The van der Waals surface area contributed by atoms with Gasteiger partial charge in [-0.05, 0) is 67.4 Å². The number of aromatic carboxylic acids is 1. The second kappa shape index (κ2) is 10.1. The molecule has 0 aliphatic rings. The molecule has 0 aliphatic carbocycles. The zero-order valence-electron chi connectivity index (χ0n) is 18.3. The van der Waals surface area contributed by atoms with Crippen LogP contribution in [-0.2, 0) is 11.3 Å². The van der Waals surface area contributed by atoms with Gasteiger partial charge in [0.15, 0.2) is 0 Å². The van der Waals surface area contributed by atoms with Crippen molar-refractivity contribution < 1.29 is 19.4 Å². The molecule has 7 nitrogen and oxygen atoms in total. The highest BCUT2D eigenvalue weighted by Gasteiger charge is 2.16. The van der Waals surface area contributed by atoms with Crippen LogP contribution in [0.25, 0.3) is 11.8 Å². The van der Waals surface area contributed by atoms with E-state index in [0.29, 0.717) is 17.0 Å². The van der Waals surface area contributed by atoms with Crippen LogP contribution >= 0.6 is 11.6 Å². The predicted octanol–water partition coefficient (Wildman–Crippen LogP) is 4.68. The number of ether oxygens (including phenoxy) is 1. The third-order valence-electron chi connectivity index (χ3n) is 5.19. The van der Waals surface area contributed by atoms with Crippen LogP contribution in [0.2, 0.25) is 5.02 Å². The second-order valence-corrected chi connectivity index (χ2v) is 7.74. The van der Waals surface area contributed by atoms with Crippen LogP contribution in [0.1, 0.15) is 32.9 Å². The summed E-state index contributed by atoms with van der Waals surface area (Å²) in [7, 11) is 1.58. The van der Waals surface area contributed by atoms with Crippen molar-refractivity contribution in [3.63, 3.8) is 0 Å². The lowest BCUT2D eigenvalue weighted by Crippen LogP contribution is -2.23. The minimum Gasteiger partial charge on any atom is -0.497 e. The first-order valence-corrected chi connectivity index (χ1v) is 10.4. The van der Waals surface area contributed by atoms with Gasteiger partial charge < -0.3 is 19.7 Å². The summed E-state index contributed by atoms with van der Waals surface area (Å²) in [5.74, 6) is -0.892. The molecule has 0 atom stereocenters. The number of rotatable bonds is 7. The van der Waals surface area contributed by atoms with Gasteiger partial charge in [0.1, 0.15) is 17.4 Å². The average molecular weight is 464 g/mol. The van der Waals surface area contributed by atoms with Crippen LogP contribution in [-0.4, -0.2) is 28.7 Å². The summed E-state index contributed by atoms with van der Waals surface area (Å²) < 4.78 is 6.96. The van der Waals surface area contributed by atoms with Crippen molar-refractivity contribution >= 4 is 29.6 Å². The minimum absolute atomic E-state index is 0.00520. The minimum atomic E-state index is -1.12. The van der Waals surface area contributed by atoms with E-state index in [2.05, 4.69) is 5.32 Å². The number of benzene rings is 2. The van der Waals surface area contributed by atoms with Crippen LogP contribution in [0.5, 0.6) is 5.75 Å². The molecule has 0 saturated heterocycles. The fourth-order valence-electron chi connectivity index (χ4n) is 3.47. The maximum Gasteiger partial charge on any atom is 0.337 e. The van der Waals surface area contributed by atoms with E-state index in [9.17, 15) is 20.0 Å². The summed E-state index contributed by atoms with van der Waals surface area (Å²) in [6.07, 6.45) is 1.52. The fourth-order valence-corrected chi connectivity index (χ4v) is 3.67. The van der Waals surface area contributed by atoms with Gasteiger partial charge in [-0.1, -0.05) is 23.7 Å². The number of carbonyl (C=O) groups excluding carboxylic acids is 1. The summed E-state index contributed by atoms with van der Waals surface area (Å²) in [5.41, 5.74) is 3.69. The van der Waals surface area contributed by atoms with Crippen molar-refractivity contribution in [2.45, 2.75) is 20.4 Å². The number of nitrogens with one attached hydrogen (secondary N) is 1. The monoisotopic (exact) mass is 463 g/mol. The third kappa shape index (κ3) is 5.25. The van der Waals surface area contributed by atoms with Crippen molar-refractivity contribution in [3.8, 4) is 17.5 Å². The topological polar surface area (TPSA) is 104 Å². The molecule has 0 aliphatic heterocycles. The van der Waals surface area contributed by atoms with E-state index < -0.39 is 11.9 Å². The Kier molecular flexibility index (Phi) is 7.21. The van der Waals surface area contributed by atoms with Gasteiger partial charge >= 0.3 is 5.97 Å². The number of aromatic nitrogens is 1. The standard InChI is InChI=1S/C25H22ClN3O4/c1-15-10-18(16(2)29(15)20-6-9-23(26)22(12-20)25(31)32)11-19(13-27)24(30)28-14-17-4-7-21(33-3)8-5-17/h4-12H,14H2,1-3H3,(H,28,30)(H,31,32)/b19-11-. The fraction of sp³-hybridized carbons (Fsp3) is 0.160. The zero-order chi connectivity index (χ0) is 24.1. The van der Waals surface area contributed by atoms with Crippen molar-refractivity contribution in [1.29, 1.82) is 5.26 Å². The van der Waals surface area contributed by atoms with E-state index in [0.717, 1.165) is 17.0 Å². The van der Waals surface area contributed by atoms with E-state index >= 15 is 0 Å². The van der Waals surface area contributed by atoms with Crippen molar-refractivity contribution in [2.24, 2.45) is 0 Å². The van der Waals surface area contributed by atoms with Gasteiger partial charge in [-0.3, -0.25) is 4.79 Å². The molecule has 0 saturated carbocycles. The number of hydrogen-bond donors (Lipinski definition) is 2. The predicted molar refractivity (Wildman–Crippen MR) is 126 cm³/mol. The third-order valence-corrected chi connectivity index (χ3v) is 5.52. The number of nitrogens with zero attached hydrogens (tertiary/aromatic N) is 2.